The standard InChI is InChI=1S/C25H27N3O3/c1-19-4-3-5-20(16-19)17-26-12-14-27(15-13-26)25(30)21-6-11-24(29)28(18-21)22-7-9-23(31-2)10-8-22/h3-11,16,18H,12-15,17H2,1-2H3. The van der Waals surface area contributed by atoms with Crippen LogP contribution in [0.1, 0.15) is 21.5 Å². The van der Waals surface area contributed by atoms with Gasteiger partial charge in [0, 0.05) is 50.7 Å². The molecule has 0 radical (unpaired) electrons. The van der Waals surface area contributed by atoms with Crippen molar-refractivity contribution < 1.29 is 9.53 Å². The molecule has 0 bridgehead atoms. The van der Waals surface area contributed by atoms with Gasteiger partial charge in [0.05, 0.1) is 12.7 Å². The van der Waals surface area contributed by atoms with Crippen LogP contribution in [0.4, 0.5) is 0 Å². The molecule has 0 unspecified atom stereocenters. The molecule has 0 aliphatic carbocycles. The van der Waals surface area contributed by atoms with Gasteiger partial charge in [0.25, 0.3) is 11.5 Å². The Morgan fingerprint density at radius 2 is 1.71 bits per heavy atom. The van der Waals surface area contributed by atoms with Crippen LogP contribution in [0.15, 0.2) is 71.7 Å². The van der Waals surface area contributed by atoms with Crippen LogP contribution < -0.4 is 10.3 Å². The van der Waals surface area contributed by atoms with Crippen molar-refractivity contribution in [3.63, 3.8) is 0 Å². The van der Waals surface area contributed by atoms with Crippen LogP contribution in [-0.2, 0) is 6.54 Å². The third-order valence-electron chi connectivity index (χ3n) is 5.66. The van der Waals surface area contributed by atoms with Gasteiger partial charge >= 0.3 is 0 Å². The van der Waals surface area contributed by atoms with Gasteiger partial charge in [-0.25, -0.2) is 0 Å². The van der Waals surface area contributed by atoms with E-state index in [1.54, 1.807) is 43.6 Å². The number of pyridine rings is 1. The van der Waals surface area contributed by atoms with Crippen molar-refractivity contribution in [1.82, 2.24) is 14.4 Å². The topological polar surface area (TPSA) is 54.8 Å². The summed E-state index contributed by atoms with van der Waals surface area (Å²) >= 11 is 0. The average molecular weight is 418 g/mol. The van der Waals surface area contributed by atoms with Crippen LogP contribution in [0.5, 0.6) is 5.75 Å². The molecule has 6 heteroatoms. The van der Waals surface area contributed by atoms with E-state index in [1.165, 1.54) is 21.8 Å². The summed E-state index contributed by atoms with van der Waals surface area (Å²) in [5.74, 6) is 0.671. The van der Waals surface area contributed by atoms with Crippen LogP contribution in [-0.4, -0.2) is 53.6 Å². The lowest BCUT2D eigenvalue weighted by Crippen LogP contribution is -2.48. The summed E-state index contributed by atoms with van der Waals surface area (Å²) in [4.78, 5) is 29.7. The molecule has 1 aromatic heterocycles. The fraction of sp³-hybridized carbons (Fsp3) is 0.280. The molecule has 0 spiro atoms. The van der Waals surface area contributed by atoms with E-state index in [2.05, 4.69) is 36.1 Å². The number of amides is 1. The normalized spacial score (nSPS) is 14.5. The van der Waals surface area contributed by atoms with Crippen LogP contribution in [0.25, 0.3) is 5.69 Å². The van der Waals surface area contributed by atoms with Crippen molar-refractivity contribution in [3.05, 3.63) is 93.9 Å². The molecule has 2 aromatic carbocycles. The molecule has 6 nitrogen and oxygen atoms in total. The summed E-state index contributed by atoms with van der Waals surface area (Å²) in [7, 11) is 1.60. The Hall–Kier alpha value is -3.38. The van der Waals surface area contributed by atoms with Gasteiger partial charge in [-0.3, -0.25) is 19.1 Å². The van der Waals surface area contributed by atoms with Crippen molar-refractivity contribution >= 4 is 5.91 Å². The largest absolute Gasteiger partial charge is 0.497 e. The Balaban J connectivity index is 1.43. The summed E-state index contributed by atoms with van der Waals surface area (Å²) in [6.07, 6.45) is 1.63. The van der Waals surface area contributed by atoms with Crippen molar-refractivity contribution in [2.75, 3.05) is 33.3 Å². The number of benzene rings is 2. The molecular formula is C25H27N3O3. The Morgan fingerprint density at radius 3 is 2.39 bits per heavy atom. The van der Waals surface area contributed by atoms with Gasteiger partial charge in [0.1, 0.15) is 5.75 Å². The van der Waals surface area contributed by atoms with E-state index in [0.717, 1.165) is 19.6 Å². The van der Waals surface area contributed by atoms with E-state index < -0.39 is 0 Å². The minimum absolute atomic E-state index is 0.0440. The molecule has 1 aliphatic heterocycles. The van der Waals surface area contributed by atoms with Gasteiger partial charge in [0.15, 0.2) is 0 Å². The lowest BCUT2D eigenvalue weighted by atomic mass is 10.1. The molecule has 3 aromatic rings. The lowest BCUT2D eigenvalue weighted by molar-refractivity contribution is 0.0628. The summed E-state index contributed by atoms with van der Waals surface area (Å²) in [6, 6.07) is 18.8. The number of aryl methyl sites for hydroxylation is 1. The highest BCUT2D eigenvalue weighted by Gasteiger charge is 2.22. The molecule has 1 amide bonds. The van der Waals surface area contributed by atoms with Crippen molar-refractivity contribution in [1.29, 1.82) is 0 Å². The Kier molecular flexibility index (Phi) is 6.18. The number of piperazine rings is 1. The molecule has 1 fully saturated rings. The number of carbonyl (C=O) groups excluding carboxylic acids is 1. The molecule has 1 saturated heterocycles. The van der Waals surface area contributed by atoms with Crippen molar-refractivity contribution in [3.8, 4) is 11.4 Å². The van der Waals surface area contributed by atoms with Crippen molar-refractivity contribution in [2.45, 2.75) is 13.5 Å². The van der Waals surface area contributed by atoms with Gasteiger partial charge in [-0.1, -0.05) is 29.8 Å². The first kappa shape index (κ1) is 20.9. The summed E-state index contributed by atoms with van der Waals surface area (Å²) in [6.45, 7) is 6.01. The van der Waals surface area contributed by atoms with E-state index in [9.17, 15) is 9.59 Å². The maximum absolute atomic E-state index is 13.1. The first-order valence-electron chi connectivity index (χ1n) is 10.5. The maximum Gasteiger partial charge on any atom is 0.255 e. The molecule has 0 saturated carbocycles. The second-order valence-corrected chi connectivity index (χ2v) is 7.88. The molecular weight excluding hydrogens is 390 g/mol. The highest BCUT2D eigenvalue weighted by atomic mass is 16.5. The van der Waals surface area contributed by atoms with Crippen LogP contribution in [0, 0.1) is 6.92 Å². The van der Waals surface area contributed by atoms with E-state index in [-0.39, 0.29) is 11.5 Å². The second-order valence-electron chi connectivity index (χ2n) is 7.88. The zero-order chi connectivity index (χ0) is 21.8. The minimum Gasteiger partial charge on any atom is -0.497 e. The van der Waals surface area contributed by atoms with E-state index in [0.29, 0.717) is 30.1 Å². The van der Waals surface area contributed by atoms with E-state index >= 15 is 0 Å². The Morgan fingerprint density at radius 1 is 0.968 bits per heavy atom. The SMILES string of the molecule is COc1ccc(-n2cc(C(=O)N3CCN(Cc4cccc(C)c4)CC3)ccc2=O)cc1. The van der Waals surface area contributed by atoms with Gasteiger partial charge in [0.2, 0.25) is 0 Å². The first-order chi connectivity index (χ1) is 15.0. The van der Waals surface area contributed by atoms with Crippen LogP contribution >= 0.6 is 0 Å². The lowest BCUT2D eigenvalue weighted by Gasteiger charge is -2.35. The monoisotopic (exact) mass is 417 g/mol. The third-order valence-corrected chi connectivity index (χ3v) is 5.66. The predicted molar refractivity (Wildman–Crippen MR) is 121 cm³/mol. The van der Waals surface area contributed by atoms with Gasteiger partial charge in [-0.2, -0.15) is 0 Å². The molecule has 31 heavy (non-hydrogen) atoms. The fourth-order valence-electron chi connectivity index (χ4n) is 3.92. The smallest absolute Gasteiger partial charge is 0.255 e. The van der Waals surface area contributed by atoms with Gasteiger partial charge in [-0.15, -0.1) is 0 Å². The molecule has 160 valence electrons. The van der Waals surface area contributed by atoms with E-state index in [1.807, 2.05) is 4.90 Å². The number of nitrogens with zero attached hydrogens (tertiary/aromatic N) is 3. The Labute approximate surface area is 182 Å². The minimum atomic E-state index is -0.176. The highest BCUT2D eigenvalue weighted by Crippen LogP contribution is 2.16. The van der Waals surface area contributed by atoms with Crippen LogP contribution in [0.3, 0.4) is 0 Å². The van der Waals surface area contributed by atoms with E-state index in [4.69, 9.17) is 4.74 Å². The number of rotatable bonds is 5. The molecule has 0 atom stereocenters. The summed E-state index contributed by atoms with van der Waals surface area (Å²) < 4.78 is 6.68. The number of carbonyl (C=O) groups is 1. The first-order valence-corrected chi connectivity index (χ1v) is 10.5. The quantitative estimate of drug-likeness (QED) is 0.640. The fourth-order valence-corrected chi connectivity index (χ4v) is 3.92. The second kappa shape index (κ2) is 9.18. The number of ether oxygens (including phenoxy) is 1. The third kappa shape index (κ3) is 4.86. The van der Waals surface area contributed by atoms with Crippen molar-refractivity contribution in [2.24, 2.45) is 0 Å². The Bertz CT molecular complexity index is 1110. The molecule has 4 rings (SSSR count). The summed E-state index contributed by atoms with van der Waals surface area (Å²) in [5, 5.41) is 0. The average Bonchev–Trinajstić information content (AvgIpc) is 2.80. The number of hydrogen-bond donors (Lipinski definition) is 0. The van der Waals surface area contributed by atoms with Crippen LogP contribution in [0.2, 0.25) is 0 Å². The highest BCUT2D eigenvalue weighted by molar-refractivity contribution is 5.94. The molecule has 0 N–H and O–H groups in total. The zero-order valence-electron chi connectivity index (χ0n) is 18.0. The van der Waals surface area contributed by atoms with Gasteiger partial charge in [-0.05, 0) is 42.8 Å². The van der Waals surface area contributed by atoms with Gasteiger partial charge < -0.3 is 9.64 Å². The number of hydrogen-bond acceptors (Lipinski definition) is 4. The number of aromatic nitrogens is 1. The maximum atomic E-state index is 13.1. The summed E-state index contributed by atoms with van der Waals surface area (Å²) in [5.41, 5.74) is 3.60. The predicted octanol–water partition coefficient (Wildman–Crippen LogP) is 3.11. The molecule has 1 aliphatic rings. The molecule has 2 heterocycles. The number of methoxy groups -OCH3 is 1. The zero-order valence-corrected chi connectivity index (χ0v) is 18.0.